The molecule has 0 radical (unpaired) electrons. The topological polar surface area (TPSA) is 88.6 Å². The molecule has 3 heterocycles. The van der Waals surface area contributed by atoms with Crippen molar-refractivity contribution in [3.05, 3.63) is 51.5 Å². The fourth-order valence-corrected chi connectivity index (χ4v) is 5.86. The average molecular weight is 514 g/mol. The second-order valence-electron chi connectivity index (χ2n) is 9.57. The molecule has 2 aliphatic heterocycles. The summed E-state index contributed by atoms with van der Waals surface area (Å²) in [7, 11) is 0. The Morgan fingerprint density at radius 1 is 1.23 bits per heavy atom. The van der Waals surface area contributed by atoms with E-state index in [1.165, 1.54) is 12.8 Å². The van der Waals surface area contributed by atoms with Gasteiger partial charge < -0.3 is 24.6 Å². The lowest BCUT2D eigenvalue weighted by atomic mass is 9.81. The molecule has 9 heteroatoms. The highest BCUT2D eigenvalue weighted by atomic mass is 35.5. The first-order valence-corrected chi connectivity index (χ1v) is 12.9. The van der Waals surface area contributed by atoms with Crippen LogP contribution in [0.15, 0.2) is 34.7 Å². The molecule has 0 spiro atoms. The first-order valence-electron chi connectivity index (χ1n) is 12.1. The zero-order valence-electron chi connectivity index (χ0n) is 19.7. The second-order valence-corrected chi connectivity index (χ2v) is 10.4. The van der Waals surface area contributed by atoms with E-state index in [1.807, 2.05) is 19.1 Å². The summed E-state index contributed by atoms with van der Waals surface area (Å²) in [6, 6.07) is 11.7. The Bertz CT molecular complexity index is 1250. The molecule has 2 atom stereocenters. The van der Waals surface area contributed by atoms with Gasteiger partial charge in [0.2, 0.25) is 0 Å². The number of aliphatic hydroxyl groups is 1. The standard InChI is InChI=1S/C26H29Cl2N5O2/c1-16(21-6-5-20(27)11-22(21)28)30-24-17(12-29)4-7-23-25(24)35-26(31-23)33-14-19(15-33)18-3-2-8-32(13-18)9-10-34/h4-7,11,16,18-19,30,34H,2-3,8-10,13-15H2,1H3/t16-,18+/m1/s1. The first kappa shape index (κ1) is 24.2. The summed E-state index contributed by atoms with van der Waals surface area (Å²) in [5.41, 5.74) is 3.28. The predicted octanol–water partition coefficient (Wildman–Crippen LogP) is 5.32. The number of benzene rings is 2. The number of likely N-dealkylation sites (tertiary alicyclic amines) is 1. The van der Waals surface area contributed by atoms with E-state index in [9.17, 15) is 10.4 Å². The van der Waals surface area contributed by atoms with Crippen molar-refractivity contribution >= 4 is 46.0 Å². The number of nitrogens with one attached hydrogen (secondary N) is 1. The van der Waals surface area contributed by atoms with Crippen molar-refractivity contribution < 1.29 is 9.52 Å². The van der Waals surface area contributed by atoms with Crippen molar-refractivity contribution in [2.75, 3.05) is 49.5 Å². The maximum atomic E-state index is 9.74. The summed E-state index contributed by atoms with van der Waals surface area (Å²) in [5, 5.41) is 23.6. The van der Waals surface area contributed by atoms with Crippen molar-refractivity contribution in [3.8, 4) is 6.07 Å². The van der Waals surface area contributed by atoms with E-state index < -0.39 is 0 Å². The van der Waals surface area contributed by atoms with Gasteiger partial charge in [-0.3, -0.25) is 0 Å². The van der Waals surface area contributed by atoms with E-state index in [0.29, 0.717) is 50.2 Å². The van der Waals surface area contributed by atoms with Crippen molar-refractivity contribution in [1.29, 1.82) is 5.26 Å². The zero-order valence-corrected chi connectivity index (χ0v) is 21.2. The number of β-amino-alcohol motifs (C(OH)–C–C–N with tert-alkyl or cyclic N) is 1. The molecule has 0 aliphatic carbocycles. The van der Waals surface area contributed by atoms with E-state index in [1.54, 1.807) is 18.2 Å². The fourth-order valence-electron chi connectivity index (χ4n) is 5.29. The van der Waals surface area contributed by atoms with Crippen LogP contribution in [0.5, 0.6) is 0 Å². The maximum Gasteiger partial charge on any atom is 0.298 e. The normalized spacial score (nSPS) is 20.0. The number of piperidine rings is 1. The van der Waals surface area contributed by atoms with Crippen LogP contribution >= 0.6 is 23.2 Å². The molecule has 0 bridgehead atoms. The van der Waals surface area contributed by atoms with Gasteiger partial charge >= 0.3 is 0 Å². The highest BCUT2D eigenvalue weighted by molar-refractivity contribution is 6.35. The lowest BCUT2D eigenvalue weighted by Gasteiger charge is -2.45. The van der Waals surface area contributed by atoms with Crippen molar-refractivity contribution in [2.24, 2.45) is 11.8 Å². The number of anilines is 2. The van der Waals surface area contributed by atoms with Gasteiger partial charge in [-0.25, -0.2) is 0 Å². The number of hydrogen-bond acceptors (Lipinski definition) is 7. The number of nitriles is 1. The first-order chi connectivity index (χ1) is 17.0. The summed E-state index contributed by atoms with van der Waals surface area (Å²) in [6.07, 6.45) is 2.42. The van der Waals surface area contributed by atoms with Crippen LogP contribution in [-0.4, -0.2) is 54.3 Å². The summed E-state index contributed by atoms with van der Waals surface area (Å²) in [4.78, 5) is 9.27. The second kappa shape index (κ2) is 10.2. The van der Waals surface area contributed by atoms with Gasteiger partial charge in [-0.05, 0) is 68.0 Å². The van der Waals surface area contributed by atoms with E-state index in [-0.39, 0.29) is 12.6 Å². The van der Waals surface area contributed by atoms with Crippen LogP contribution in [0.2, 0.25) is 10.0 Å². The molecule has 5 rings (SSSR count). The molecule has 2 fully saturated rings. The van der Waals surface area contributed by atoms with Gasteiger partial charge in [0.15, 0.2) is 5.58 Å². The number of nitrogens with zero attached hydrogens (tertiary/aromatic N) is 4. The fraction of sp³-hybridized carbons (Fsp3) is 0.462. The number of halogens is 2. The molecule has 3 aromatic rings. The number of rotatable bonds is 7. The van der Waals surface area contributed by atoms with Crippen LogP contribution in [0.4, 0.5) is 11.7 Å². The summed E-state index contributed by atoms with van der Waals surface area (Å²) < 4.78 is 6.23. The molecule has 35 heavy (non-hydrogen) atoms. The largest absolute Gasteiger partial charge is 0.421 e. The summed E-state index contributed by atoms with van der Waals surface area (Å²) >= 11 is 12.5. The lowest BCUT2D eigenvalue weighted by molar-refractivity contribution is 0.100. The van der Waals surface area contributed by atoms with E-state index in [2.05, 4.69) is 21.2 Å². The Balaban J connectivity index is 1.33. The molecule has 2 aliphatic rings. The van der Waals surface area contributed by atoms with Crippen LogP contribution < -0.4 is 10.2 Å². The maximum absolute atomic E-state index is 9.74. The lowest BCUT2D eigenvalue weighted by Crippen LogP contribution is -2.53. The Hall–Kier alpha value is -2.50. The molecule has 7 nitrogen and oxygen atoms in total. The Morgan fingerprint density at radius 3 is 2.80 bits per heavy atom. The van der Waals surface area contributed by atoms with Crippen LogP contribution in [0, 0.1) is 23.2 Å². The quantitative estimate of drug-likeness (QED) is 0.441. The third-order valence-electron chi connectivity index (χ3n) is 7.26. The Morgan fingerprint density at radius 2 is 2.06 bits per heavy atom. The van der Waals surface area contributed by atoms with Gasteiger partial charge in [0, 0.05) is 36.2 Å². The highest BCUT2D eigenvalue weighted by Crippen LogP contribution is 2.38. The SMILES string of the molecule is C[C@@H](Nc1c(C#N)ccc2nc(N3CC([C@H]4CCCN(CCO)C4)C3)oc12)c1ccc(Cl)cc1Cl. The van der Waals surface area contributed by atoms with Gasteiger partial charge in [0.1, 0.15) is 11.6 Å². The minimum Gasteiger partial charge on any atom is -0.421 e. The molecular weight excluding hydrogens is 485 g/mol. The Kier molecular flexibility index (Phi) is 7.08. The van der Waals surface area contributed by atoms with Crippen LogP contribution in [0.25, 0.3) is 11.1 Å². The zero-order chi connectivity index (χ0) is 24.5. The smallest absolute Gasteiger partial charge is 0.298 e. The van der Waals surface area contributed by atoms with Gasteiger partial charge in [-0.1, -0.05) is 29.3 Å². The number of hydrogen-bond donors (Lipinski definition) is 2. The average Bonchev–Trinajstić information content (AvgIpc) is 3.23. The van der Waals surface area contributed by atoms with E-state index in [0.717, 1.165) is 38.3 Å². The van der Waals surface area contributed by atoms with Crippen LogP contribution in [0.3, 0.4) is 0 Å². The summed E-state index contributed by atoms with van der Waals surface area (Å²) in [5.74, 6) is 1.24. The number of aliphatic hydroxyl groups excluding tert-OH is 1. The molecular formula is C26H29Cl2N5O2. The third kappa shape index (κ3) is 4.94. The number of oxazole rings is 1. The molecule has 184 valence electrons. The van der Waals surface area contributed by atoms with Gasteiger partial charge in [0.25, 0.3) is 6.01 Å². The number of aromatic nitrogens is 1. The van der Waals surface area contributed by atoms with Gasteiger partial charge in [0.05, 0.1) is 23.9 Å². The third-order valence-corrected chi connectivity index (χ3v) is 7.82. The van der Waals surface area contributed by atoms with E-state index in [4.69, 9.17) is 32.6 Å². The van der Waals surface area contributed by atoms with Crippen LogP contribution in [0.1, 0.15) is 36.9 Å². The van der Waals surface area contributed by atoms with Gasteiger partial charge in [-0.2, -0.15) is 10.2 Å². The van der Waals surface area contributed by atoms with Gasteiger partial charge in [-0.15, -0.1) is 0 Å². The van der Waals surface area contributed by atoms with E-state index >= 15 is 0 Å². The monoisotopic (exact) mass is 513 g/mol. The molecule has 0 unspecified atom stereocenters. The minimum atomic E-state index is -0.174. The predicted molar refractivity (Wildman–Crippen MR) is 139 cm³/mol. The minimum absolute atomic E-state index is 0.174. The number of fused-ring (bicyclic) bond motifs is 1. The molecule has 0 amide bonds. The molecule has 1 aromatic heterocycles. The molecule has 0 saturated carbocycles. The van der Waals surface area contributed by atoms with Crippen molar-refractivity contribution in [3.63, 3.8) is 0 Å². The molecule has 2 N–H and O–H groups in total. The summed E-state index contributed by atoms with van der Waals surface area (Å²) in [6.45, 7) is 6.92. The van der Waals surface area contributed by atoms with Crippen molar-refractivity contribution in [1.82, 2.24) is 9.88 Å². The molecule has 2 aromatic carbocycles. The Labute approximate surface area is 215 Å². The molecule has 2 saturated heterocycles. The van der Waals surface area contributed by atoms with Crippen molar-refractivity contribution in [2.45, 2.75) is 25.8 Å². The highest BCUT2D eigenvalue weighted by Gasteiger charge is 2.37. The van der Waals surface area contributed by atoms with Crippen LogP contribution in [-0.2, 0) is 0 Å².